The fourth-order valence-electron chi connectivity index (χ4n) is 6.07. The van der Waals surface area contributed by atoms with Crippen LogP contribution in [-0.2, 0) is 16.9 Å². The van der Waals surface area contributed by atoms with Crippen LogP contribution in [0, 0.1) is 12.3 Å². The van der Waals surface area contributed by atoms with Crippen molar-refractivity contribution < 1.29 is 16.5 Å². The number of nitrogens with zero attached hydrogens (tertiary/aromatic N) is 1. The molecule has 0 aliphatic carbocycles. The van der Waals surface area contributed by atoms with Gasteiger partial charge in [-0.15, -0.1) is 6.42 Å². The van der Waals surface area contributed by atoms with Gasteiger partial charge in [0, 0.05) is 27.9 Å². The number of unbranched alkanes of at least 4 members (excludes halogenated alkanes) is 1. The highest BCUT2D eigenvalue weighted by atomic mass is 32.3. The van der Waals surface area contributed by atoms with Crippen molar-refractivity contribution >= 4 is 43.3 Å². The van der Waals surface area contributed by atoms with E-state index in [1.165, 1.54) is 12.1 Å². The minimum absolute atomic E-state index is 0.0511. The second-order valence-corrected chi connectivity index (χ2v) is 11.5. The number of hydrogen-bond donors (Lipinski definition) is 2. The molecule has 0 spiro atoms. The van der Waals surface area contributed by atoms with Crippen LogP contribution in [0.25, 0.3) is 44.0 Å². The van der Waals surface area contributed by atoms with E-state index in [0.717, 1.165) is 84.0 Å². The summed E-state index contributed by atoms with van der Waals surface area (Å²) in [5, 5.41) is 5.54. The predicted molar refractivity (Wildman–Crippen MR) is 161 cm³/mol. The summed E-state index contributed by atoms with van der Waals surface area (Å²) in [7, 11) is -5.17. The fraction of sp³-hybridized carbons (Fsp3) is 0.281. The van der Waals surface area contributed by atoms with Gasteiger partial charge in [-0.3, -0.25) is 4.79 Å². The summed E-state index contributed by atoms with van der Waals surface area (Å²) >= 11 is 0. The molecule has 0 unspecified atom stereocenters. The third-order valence-corrected chi connectivity index (χ3v) is 8.34. The zero-order chi connectivity index (χ0) is 28.7. The van der Waals surface area contributed by atoms with Crippen molar-refractivity contribution in [1.82, 2.24) is 14.9 Å². The van der Waals surface area contributed by atoms with Gasteiger partial charge in [0.05, 0.1) is 10.9 Å². The summed E-state index contributed by atoms with van der Waals surface area (Å²) < 4.78 is 42.5. The van der Waals surface area contributed by atoms with E-state index in [2.05, 4.69) is 31.9 Å². The molecule has 9 heteroatoms. The zero-order valence-corrected chi connectivity index (χ0v) is 23.5. The van der Waals surface area contributed by atoms with Crippen LogP contribution < -0.4 is 14.9 Å². The van der Waals surface area contributed by atoms with E-state index >= 15 is 0 Å². The fourth-order valence-corrected chi connectivity index (χ4v) is 6.40. The molecule has 2 aromatic heterocycles. The van der Waals surface area contributed by atoms with E-state index in [-0.39, 0.29) is 17.2 Å². The van der Waals surface area contributed by atoms with Crippen molar-refractivity contribution in [2.24, 2.45) is 0 Å². The highest BCUT2D eigenvalue weighted by Crippen LogP contribution is 2.37. The lowest BCUT2D eigenvalue weighted by Gasteiger charge is -2.28. The quantitative estimate of drug-likeness (QED) is 0.181. The second kappa shape index (κ2) is 10.7. The van der Waals surface area contributed by atoms with E-state index in [0.29, 0.717) is 16.3 Å². The van der Waals surface area contributed by atoms with Gasteiger partial charge in [-0.05, 0) is 91.9 Å². The number of pyridine rings is 1. The Morgan fingerprint density at radius 3 is 2.63 bits per heavy atom. The van der Waals surface area contributed by atoms with Gasteiger partial charge in [-0.1, -0.05) is 41.3 Å². The van der Waals surface area contributed by atoms with Crippen molar-refractivity contribution in [3.05, 3.63) is 75.9 Å². The van der Waals surface area contributed by atoms with Crippen LogP contribution in [0.15, 0.2) is 59.4 Å². The predicted octanol–water partition coefficient (Wildman–Crippen LogP) is 6.14. The maximum absolute atomic E-state index is 14.2. The van der Waals surface area contributed by atoms with E-state index in [4.69, 9.17) is 6.42 Å². The summed E-state index contributed by atoms with van der Waals surface area (Å²) in [5.41, 5.74) is 5.53. The van der Waals surface area contributed by atoms with Crippen LogP contribution >= 0.6 is 0 Å². The molecular formula is C32H30FN3O4S. The molecule has 3 heterocycles. The normalized spacial score (nSPS) is 14.6. The smallest absolute Gasteiger partial charge is 0.358 e. The highest BCUT2D eigenvalue weighted by molar-refractivity contribution is 7.81. The average Bonchev–Trinajstić information content (AvgIpc) is 3.34. The Bertz CT molecular complexity index is 2020. The monoisotopic (exact) mass is 571 g/mol. The Morgan fingerprint density at radius 2 is 1.90 bits per heavy atom. The number of benzene rings is 3. The molecule has 0 bridgehead atoms. The number of halogens is 1. The minimum Gasteiger partial charge on any atom is -0.358 e. The van der Waals surface area contributed by atoms with E-state index in [1.807, 2.05) is 36.4 Å². The summed E-state index contributed by atoms with van der Waals surface area (Å²) in [6.07, 6.45) is 10.0. The number of aromatic amines is 1. The number of nitrogens with one attached hydrogen (secondary N) is 2. The van der Waals surface area contributed by atoms with Crippen molar-refractivity contribution in [1.29, 1.82) is 0 Å². The number of terminal acetylenes is 1. The third kappa shape index (κ3) is 5.09. The Morgan fingerprint density at radius 1 is 1.10 bits per heavy atom. The van der Waals surface area contributed by atoms with Crippen molar-refractivity contribution in [3.63, 3.8) is 0 Å². The van der Waals surface area contributed by atoms with Gasteiger partial charge in [0.2, 0.25) is 0 Å². The topological polar surface area (TPSA) is 93.2 Å². The zero-order valence-electron chi connectivity index (χ0n) is 22.7. The average molecular weight is 572 g/mol. The number of hydrogen-bond acceptors (Lipinski definition) is 5. The molecule has 1 aliphatic rings. The van der Waals surface area contributed by atoms with Crippen molar-refractivity contribution in [2.75, 3.05) is 13.1 Å². The second-order valence-electron chi connectivity index (χ2n) is 10.6. The van der Waals surface area contributed by atoms with Crippen LogP contribution in [0.5, 0.6) is 5.75 Å². The SMILES string of the molecule is C#Cc1ccc2c(c1)[nH]c1c2c(=O)c2cc(CCCC)c(-c3cccc(OS(=O)(=O)F)c3)cc2n1C1CCNCC1. The maximum atomic E-state index is 14.2. The molecule has 41 heavy (non-hydrogen) atoms. The van der Waals surface area contributed by atoms with E-state index < -0.39 is 10.5 Å². The molecular weight excluding hydrogens is 541 g/mol. The van der Waals surface area contributed by atoms with Gasteiger partial charge in [0.15, 0.2) is 5.43 Å². The van der Waals surface area contributed by atoms with Gasteiger partial charge in [0.25, 0.3) is 0 Å². The first-order valence-corrected chi connectivity index (χ1v) is 15.2. The van der Waals surface area contributed by atoms with Crippen LogP contribution in [0.3, 0.4) is 0 Å². The van der Waals surface area contributed by atoms with Gasteiger partial charge in [-0.25, -0.2) is 0 Å². The van der Waals surface area contributed by atoms with Gasteiger partial charge < -0.3 is 19.1 Å². The number of fused-ring (bicyclic) bond motifs is 4. The lowest BCUT2D eigenvalue weighted by molar-refractivity contribution is 0.381. The van der Waals surface area contributed by atoms with Gasteiger partial charge >= 0.3 is 10.5 Å². The lowest BCUT2D eigenvalue weighted by atomic mass is 9.93. The standard InChI is InChI=1S/C32H30FN3O4S/c1-3-5-7-22-18-27-29(19-26(22)21-8-6-9-24(17-21)40-41(33,38)39)36(23-12-14-34-15-13-23)32-30(31(27)37)25-11-10-20(4-2)16-28(25)35-32/h2,6,8-11,16-19,23,34-35H,3,5,7,12-15H2,1H3. The number of H-pyrrole nitrogens is 1. The molecule has 0 amide bonds. The molecule has 2 N–H and O–H groups in total. The summed E-state index contributed by atoms with van der Waals surface area (Å²) in [6, 6.07) is 16.2. The van der Waals surface area contributed by atoms with Gasteiger partial charge in [-0.2, -0.15) is 8.42 Å². The molecule has 1 fully saturated rings. The Balaban J connectivity index is 1.69. The summed E-state index contributed by atoms with van der Waals surface area (Å²) in [5.74, 6) is 2.56. The Kier molecular flexibility index (Phi) is 7.06. The first-order chi connectivity index (χ1) is 19.8. The van der Waals surface area contributed by atoms with Gasteiger partial charge in [0.1, 0.15) is 11.4 Å². The first kappa shape index (κ1) is 27.1. The molecule has 7 nitrogen and oxygen atoms in total. The molecule has 210 valence electrons. The molecule has 0 radical (unpaired) electrons. The molecule has 0 atom stereocenters. The van der Waals surface area contributed by atoms with E-state index in [1.54, 1.807) is 6.07 Å². The molecule has 6 rings (SSSR count). The first-order valence-electron chi connectivity index (χ1n) is 13.9. The van der Waals surface area contributed by atoms with Crippen LogP contribution in [0.2, 0.25) is 0 Å². The maximum Gasteiger partial charge on any atom is 0.488 e. The minimum atomic E-state index is -5.17. The molecule has 1 aliphatic heterocycles. The highest BCUT2D eigenvalue weighted by Gasteiger charge is 2.24. The number of aromatic nitrogens is 2. The molecule has 1 saturated heterocycles. The van der Waals surface area contributed by atoms with Crippen LogP contribution in [0.1, 0.15) is 49.8 Å². The third-order valence-electron chi connectivity index (χ3n) is 7.95. The largest absolute Gasteiger partial charge is 0.488 e. The lowest BCUT2D eigenvalue weighted by Crippen LogP contribution is -2.30. The number of rotatable bonds is 7. The number of aryl methyl sites for hydroxylation is 1. The van der Waals surface area contributed by atoms with Crippen molar-refractivity contribution in [3.8, 4) is 29.2 Å². The Labute approximate surface area is 237 Å². The summed E-state index contributed by atoms with van der Waals surface area (Å²) in [4.78, 5) is 17.7. The Hall–Kier alpha value is -4.13. The van der Waals surface area contributed by atoms with E-state index in [9.17, 15) is 17.1 Å². The molecule has 0 saturated carbocycles. The van der Waals surface area contributed by atoms with Crippen LogP contribution in [-0.4, -0.2) is 31.1 Å². The number of piperidine rings is 1. The van der Waals surface area contributed by atoms with Crippen molar-refractivity contribution in [2.45, 2.75) is 45.1 Å². The molecule has 3 aromatic carbocycles. The summed E-state index contributed by atoms with van der Waals surface area (Å²) in [6.45, 7) is 3.82. The van der Waals surface area contributed by atoms with Crippen LogP contribution in [0.4, 0.5) is 3.89 Å². The molecule has 5 aromatic rings.